The Morgan fingerprint density at radius 3 is 1.29 bits per heavy atom. The topological polar surface area (TPSA) is 24.7 Å². The molecule has 140 valence electrons. The van der Waals surface area contributed by atoms with Crippen LogP contribution in [0.4, 0.5) is 0 Å². The van der Waals surface area contributed by atoms with Crippen molar-refractivity contribution in [2.75, 3.05) is 13.1 Å². The summed E-state index contributed by atoms with van der Waals surface area (Å²) in [5, 5.41) is 0. The fraction of sp³-hybridized carbons (Fsp3) is 0.909. The number of rotatable bonds is 8. The van der Waals surface area contributed by atoms with Crippen LogP contribution in [-0.4, -0.2) is 24.5 Å². The van der Waals surface area contributed by atoms with Gasteiger partial charge in [-0.3, -0.25) is 9.98 Å². The molecule has 24 heavy (non-hydrogen) atoms. The highest BCUT2D eigenvalue weighted by Crippen LogP contribution is 2.30. The highest BCUT2D eigenvalue weighted by Gasteiger charge is 2.22. The molecule has 1 aliphatic carbocycles. The Labute approximate surface area is 151 Å². The maximum absolute atomic E-state index is 5.01. The van der Waals surface area contributed by atoms with Gasteiger partial charge in [0, 0.05) is 24.5 Å². The van der Waals surface area contributed by atoms with Crippen LogP contribution >= 0.6 is 0 Å². The van der Waals surface area contributed by atoms with E-state index in [-0.39, 0.29) is 0 Å². The average Bonchev–Trinajstić information content (AvgIpc) is 2.46. The van der Waals surface area contributed by atoms with Gasteiger partial charge in [-0.2, -0.15) is 0 Å². The molecule has 1 saturated carbocycles. The summed E-state index contributed by atoms with van der Waals surface area (Å²) in [6, 6.07) is 0. The van der Waals surface area contributed by atoms with Crippen molar-refractivity contribution in [1.29, 1.82) is 0 Å². The monoisotopic (exact) mass is 334 g/mol. The third kappa shape index (κ3) is 7.07. The first-order chi connectivity index (χ1) is 11.2. The highest BCUT2D eigenvalue weighted by molar-refractivity contribution is 5.88. The van der Waals surface area contributed by atoms with Gasteiger partial charge in [-0.05, 0) is 54.8 Å². The zero-order valence-corrected chi connectivity index (χ0v) is 17.6. The molecule has 1 rings (SSSR count). The van der Waals surface area contributed by atoms with Crippen LogP contribution in [0.1, 0.15) is 81.1 Å². The minimum atomic E-state index is 0.577. The van der Waals surface area contributed by atoms with Crippen molar-refractivity contribution in [3.63, 3.8) is 0 Å². The second-order valence-electron chi connectivity index (χ2n) is 9.05. The van der Waals surface area contributed by atoms with E-state index >= 15 is 0 Å². The summed E-state index contributed by atoms with van der Waals surface area (Å²) in [5.74, 6) is 3.85. The van der Waals surface area contributed by atoms with Crippen molar-refractivity contribution < 1.29 is 0 Å². The number of aliphatic imine (C=N–C) groups is 2. The third-order valence-electron chi connectivity index (χ3n) is 5.32. The first-order valence-corrected chi connectivity index (χ1v) is 10.3. The van der Waals surface area contributed by atoms with Crippen LogP contribution in [0.3, 0.4) is 0 Å². The smallest absolute Gasteiger partial charge is 0.0417 e. The van der Waals surface area contributed by atoms with Gasteiger partial charge < -0.3 is 0 Å². The molecule has 0 N–H and O–H groups in total. The van der Waals surface area contributed by atoms with Crippen molar-refractivity contribution >= 4 is 11.4 Å². The van der Waals surface area contributed by atoms with Gasteiger partial charge in [0.1, 0.15) is 0 Å². The predicted octanol–water partition coefficient (Wildman–Crippen LogP) is 6.30. The van der Waals surface area contributed by atoms with E-state index in [1.807, 2.05) is 0 Å². The lowest BCUT2D eigenvalue weighted by molar-refractivity contribution is 0.277. The molecule has 0 aromatic rings. The summed E-state index contributed by atoms with van der Waals surface area (Å²) >= 11 is 0. The predicted molar refractivity (Wildman–Crippen MR) is 109 cm³/mol. The molecule has 2 atom stereocenters. The lowest BCUT2D eigenvalue weighted by Crippen LogP contribution is -2.23. The van der Waals surface area contributed by atoms with Crippen LogP contribution in [0.15, 0.2) is 9.98 Å². The van der Waals surface area contributed by atoms with Crippen molar-refractivity contribution in [2.24, 2.45) is 45.5 Å². The SMILES string of the molecule is CC(C)C(=NCC1CCCC(CN=C(C(C)C)C(C)C)C1)C(C)C. The van der Waals surface area contributed by atoms with Gasteiger partial charge in [0.15, 0.2) is 0 Å². The number of nitrogens with zero attached hydrogens (tertiary/aromatic N) is 2. The van der Waals surface area contributed by atoms with Gasteiger partial charge in [-0.25, -0.2) is 0 Å². The summed E-state index contributed by atoms with van der Waals surface area (Å²) in [5.41, 5.74) is 2.80. The van der Waals surface area contributed by atoms with E-state index in [1.165, 1.54) is 37.1 Å². The Morgan fingerprint density at radius 1 is 0.667 bits per heavy atom. The molecule has 0 heterocycles. The second kappa shape index (κ2) is 10.4. The van der Waals surface area contributed by atoms with Crippen LogP contribution in [0.2, 0.25) is 0 Å². The summed E-state index contributed by atoms with van der Waals surface area (Å²) in [4.78, 5) is 10.0. The number of hydrogen-bond donors (Lipinski definition) is 0. The molecular weight excluding hydrogens is 292 g/mol. The van der Waals surface area contributed by atoms with Gasteiger partial charge in [0.25, 0.3) is 0 Å². The quantitative estimate of drug-likeness (QED) is 0.465. The lowest BCUT2D eigenvalue weighted by atomic mass is 9.81. The summed E-state index contributed by atoms with van der Waals surface area (Å²) in [7, 11) is 0. The minimum absolute atomic E-state index is 0.577. The standard InChI is InChI=1S/C22H42N2/c1-15(2)21(16(3)4)23-13-19-10-9-11-20(12-19)14-24-22(17(5)6)18(7)8/h15-20H,9-14H2,1-8H3. The molecule has 2 nitrogen and oxygen atoms in total. The Morgan fingerprint density at radius 2 is 1.00 bits per heavy atom. The highest BCUT2D eigenvalue weighted by atomic mass is 14.8. The van der Waals surface area contributed by atoms with E-state index in [2.05, 4.69) is 55.4 Å². The molecule has 0 aromatic carbocycles. The van der Waals surface area contributed by atoms with E-state index in [9.17, 15) is 0 Å². The van der Waals surface area contributed by atoms with Gasteiger partial charge in [-0.15, -0.1) is 0 Å². The lowest BCUT2D eigenvalue weighted by Gasteiger charge is -2.28. The Kier molecular flexibility index (Phi) is 9.23. The van der Waals surface area contributed by atoms with Crippen molar-refractivity contribution in [1.82, 2.24) is 0 Å². The molecule has 1 fully saturated rings. The van der Waals surface area contributed by atoms with Crippen LogP contribution in [0.25, 0.3) is 0 Å². The van der Waals surface area contributed by atoms with Crippen LogP contribution in [0, 0.1) is 35.5 Å². The molecule has 0 radical (unpaired) electrons. The normalized spacial score (nSPS) is 21.7. The van der Waals surface area contributed by atoms with E-state index in [0.29, 0.717) is 23.7 Å². The first kappa shape index (κ1) is 21.4. The van der Waals surface area contributed by atoms with Gasteiger partial charge >= 0.3 is 0 Å². The molecule has 2 heteroatoms. The van der Waals surface area contributed by atoms with E-state index in [0.717, 1.165) is 24.9 Å². The fourth-order valence-corrected chi connectivity index (χ4v) is 4.27. The molecule has 0 spiro atoms. The van der Waals surface area contributed by atoms with E-state index in [4.69, 9.17) is 9.98 Å². The summed E-state index contributed by atoms with van der Waals surface area (Å²) < 4.78 is 0. The third-order valence-corrected chi connectivity index (χ3v) is 5.32. The van der Waals surface area contributed by atoms with Crippen LogP contribution in [0.5, 0.6) is 0 Å². The van der Waals surface area contributed by atoms with Gasteiger partial charge in [-0.1, -0.05) is 61.8 Å². The summed E-state index contributed by atoms with van der Waals surface area (Å²) in [6.07, 6.45) is 5.39. The second-order valence-corrected chi connectivity index (χ2v) is 9.05. The molecule has 2 unspecified atom stereocenters. The Hall–Kier alpha value is -0.660. The van der Waals surface area contributed by atoms with Crippen LogP contribution in [-0.2, 0) is 0 Å². The first-order valence-electron chi connectivity index (χ1n) is 10.3. The van der Waals surface area contributed by atoms with Crippen LogP contribution < -0.4 is 0 Å². The summed E-state index contributed by atoms with van der Waals surface area (Å²) in [6.45, 7) is 20.3. The molecular formula is C22H42N2. The Balaban J connectivity index is 2.61. The molecule has 0 aromatic heterocycles. The molecule has 0 bridgehead atoms. The Bertz CT molecular complexity index is 358. The largest absolute Gasteiger partial charge is 0.293 e. The molecule has 0 saturated heterocycles. The van der Waals surface area contributed by atoms with Crippen molar-refractivity contribution in [3.05, 3.63) is 0 Å². The van der Waals surface area contributed by atoms with E-state index < -0.39 is 0 Å². The van der Waals surface area contributed by atoms with Crippen molar-refractivity contribution in [3.8, 4) is 0 Å². The fourth-order valence-electron chi connectivity index (χ4n) is 4.27. The zero-order valence-electron chi connectivity index (χ0n) is 17.6. The number of hydrogen-bond acceptors (Lipinski definition) is 2. The van der Waals surface area contributed by atoms with Crippen molar-refractivity contribution in [2.45, 2.75) is 81.1 Å². The van der Waals surface area contributed by atoms with Gasteiger partial charge in [0.05, 0.1) is 0 Å². The molecule has 0 aliphatic heterocycles. The zero-order chi connectivity index (χ0) is 18.3. The minimum Gasteiger partial charge on any atom is -0.293 e. The maximum atomic E-state index is 5.01. The van der Waals surface area contributed by atoms with Gasteiger partial charge in [0.2, 0.25) is 0 Å². The molecule has 1 aliphatic rings. The molecule has 0 amide bonds. The maximum Gasteiger partial charge on any atom is 0.0417 e. The van der Waals surface area contributed by atoms with E-state index in [1.54, 1.807) is 0 Å². The average molecular weight is 335 g/mol.